The van der Waals surface area contributed by atoms with Gasteiger partial charge in [-0.1, -0.05) is 85.6 Å². The molecule has 1 aliphatic carbocycles. The van der Waals surface area contributed by atoms with Gasteiger partial charge in [0.2, 0.25) is 0 Å². The maximum absolute atomic E-state index is 14.4. The smallest absolute Gasteiger partial charge is 0.317 e. The molecule has 0 aliphatic heterocycles. The van der Waals surface area contributed by atoms with Crippen molar-refractivity contribution in [3.63, 3.8) is 0 Å². The lowest BCUT2D eigenvalue weighted by Crippen LogP contribution is -2.36. The molecular weight excluding hydrogens is 379 g/mol. The first-order valence-electron chi connectivity index (χ1n) is 10.2. The maximum atomic E-state index is 14.4. The van der Waals surface area contributed by atoms with Crippen molar-refractivity contribution in [3.05, 3.63) is 95.8 Å². The molecule has 0 heterocycles. The number of ketones is 1. The van der Waals surface area contributed by atoms with Gasteiger partial charge in [0.05, 0.1) is 5.41 Å². The summed E-state index contributed by atoms with van der Waals surface area (Å²) in [6, 6.07) is 23.4. The summed E-state index contributed by atoms with van der Waals surface area (Å²) in [4.78, 5) is 25.5. The summed E-state index contributed by atoms with van der Waals surface area (Å²) < 4.78 is 19.8. The van der Waals surface area contributed by atoms with Crippen LogP contribution in [0.4, 0.5) is 4.39 Å². The van der Waals surface area contributed by atoms with E-state index < -0.39 is 17.2 Å². The van der Waals surface area contributed by atoms with Crippen molar-refractivity contribution in [2.45, 2.75) is 31.1 Å². The van der Waals surface area contributed by atoms with Crippen molar-refractivity contribution in [1.82, 2.24) is 0 Å². The maximum Gasteiger partial charge on any atom is 0.317 e. The number of esters is 1. The van der Waals surface area contributed by atoms with E-state index in [1.54, 1.807) is 30.3 Å². The van der Waals surface area contributed by atoms with E-state index in [2.05, 4.69) is 0 Å². The minimum atomic E-state index is -0.997. The number of carbonyl (C=O) groups excluding carboxylic acids is 2. The Morgan fingerprint density at radius 2 is 1.40 bits per heavy atom. The zero-order chi connectivity index (χ0) is 21.0. The number of rotatable bonds is 6. The predicted molar refractivity (Wildman–Crippen MR) is 114 cm³/mol. The minimum Gasteiger partial charge on any atom is -0.457 e. The van der Waals surface area contributed by atoms with E-state index in [1.165, 1.54) is 6.07 Å². The van der Waals surface area contributed by atoms with Gasteiger partial charge in [0, 0.05) is 11.1 Å². The molecule has 30 heavy (non-hydrogen) atoms. The Labute approximate surface area is 175 Å². The van der Waals surface area contributed by atoms with Crippen LogP contribution >= 0.6 is 0 Å². The van der Waals surface area contributed by atoms with Crippen LogP contribution in [0.5, 0.6) is 0 Å². The van der Waals surface area contributed by atoms with Crippen LogP contribution in [0.3, 0.4) is 0 Å². The average molecular weight is 402 g/mol. The Morgan fingerprint density at radius 3 is 2.07 bits per heavy atom. The summed E-state index contributed by atoms with van der Waals surface area (Å²) in [5.74, 6) is -1.19. The summed E-state index contributed by atoms with van der Waals surface area (Å²) in [6.07, 6.45) is 2.73. The zero-order valence-corrected chi connectivity index (χ0v) is 16.6. The summed E-state index contributed by atoms with van der Waals surface area (Å²) in [6.45, 7) is -0.348. The third kappa shape index (κ3) is 3.90. The number of Topliss-reactive ketones (excluding diaryl/α,β-unsaturated/α-hetero) is 1. The summed E-state index contributed by atoms with van der Waals surface area (Å²) in [5.41, 5.74) is 1.92. The molecule has 4 heteroatoms. The lowest BCUT2D eigenvalue weighted by molar-refractivity contribution is -0.149. The van der Waals surface area contributed by atoms with Crippen LogP contribution in [0.15, 0.2) is 78.9 Å². The molecule has 0 N–H and O–H groups in total. The Morgan fingerprint density at radius 1 is 0.800 bits per heavy atom. The highest BCUT2D eigenvalue weighted by Gasteiger charge is 2.45. The van der Waals surface area contributed by atoms with Gasteiger partial charge in [0.25, 0.3) is 0 Å². The van der Waals surface area contributed by atoms with E-state index in [0.717, 1.165) is 24.0 Å². The van der Waals surface area contributed by atoms with Crippen LogP contribution in [0.25, 0.3) is 11.1 Å². The van der Waals surface area contributed by atoms with Crippen molar-refractivity contribution < 1.29 is 18.7 Å². The molecule has 0 spiro atoms. The van der Waals surface area contributed by atoms with Crippen LogP contribution in [-0.2, 0) is 14.9 Å². The van der Waals surface area contributed by atoms with Crippen molar-refractivity contribution in [1.29, 1.82) is 0 Å². The first-order valence-corrected chi connectivity index (χ1v) is 10.2. The number of carbonyl (C=O) groups is 2. The van der Waals surface area contributed by atoms with Crippen molar-refractivity contribution in [2.24, 2.45) is 0 Å². The van der Waals surface area contributed by atoms with Crippen molar-refractivity contribution in [2.75, 3.05) is 6.61 Å². The second kappa shape index (κ2) is 8.62. The van der Waals surface area contributed by atoms with E-state index in [-0.39, 0.29) is 12.4 Å². The van der Waals surface area contributed by atoms with E-state index in [0.29, 0.717) is 24.0 Å². The molecule has 0 amide bonds. The molecular formula is C26H23FO3. The van der Waals surface area contributed by atoms with Gasteiger partial charge in [-0.2, -0.15) is 0 Å². The molecule has 0 saturated heterocycles. The molecule has 0 aromatic heterocycles. The molecule has 4 rings (SSSR count). The first kappa shape index (κ1) is 20.0. The van der Waals surface area contributed by atoms with Crippen LogP contribution in [0, 0.1) is 5.82 Å². The van der Waals surface area contributed by atoms with E-state index in [9.17, 15) is 14.0 Å². The molecule has 3 aromatic rings. The fraction of sp³-hybridized carbons (Fsp3) is 0.231. The van der Waals surface area contributed by atoms with Crippen LogP contribution in [-0.4, -0.2) is 18.4 Å². The Balaban J connectivity index is 1.45. The largest absolute Gasteiger partial charge is 0.457 e. The standard InChI is InChI=1S/C26H23FO3/c27-23-11-5-4-10-22(23)26(16-6-7-17-26)25(29)30-18-24(28)21-14-12-20(13-15-21)19-8-2-1-3-9-19/h1-5,8-15H,6-7,16-18H2. The molecule has 0 radical (unpaired) electrons. The van der Waals surface area contributed by atoms with Gasteiger partial charge in [0.1, 0.15) is 5.82 Å². The Hall–Kier alpha value is -3.27. The van der Waals surface area contributed by atoms with Gasteiger partial charge in [-0.05, 0) is 30.0 Å². The van der Waals surface area contributed by atoms with Crippen LogP contribution in [0.2, 0.25) is 0 Å². The average Bonchev–Trinajstić information content (AvgIpc) is 3.29. The molecule has 1 fully saturated rings. The third-order valence-electron chi connectivity index (χ3n) is 5.89. The molecule has 0 atom stereocenters. The second-order valence-corrected chi connectivity index (χ2v) is 7.71. The molecule has 3 nitrogen and oxygen atoms in total. The Kier molecular flexibility index (Phi) is 5.75. The fourth-order valence-corrected chi connectivity index (χ4v) is 4.24. The highest BCUT2D eigenvalue weighted by atomic mass is 19.1. The summed E-state index contributed by atoms with van der Waals surface area (Å²) in [7, 11) is 0. The highest BCUT2D eigenvalue weighted by molar-refractivity contribution is 5.99. The van der Waals surface area contributed by atoms with Gasteiger partial charge >= 0.3 is 5.97 Å². The number of hydrogen-bond donors (Lipinski definition) is 0. The number of halogens is 1. The van der Waals surface area contributed by atoms with E-state index in [1.807, 2.05) is 42.5 Å². The predicted octanol–water partition coefficient (Wildman–Crippen LogP) is 5.73. The monoisotopic (exact) mass is 402 g/mol. The minimum absolute atomic E-state index is 0.273. The zero-order valence-electron chi connectivity index (χ0n) is 16.6. The highest BCUT2D eigenvalue weighted by Crippen LogP contribution is 2.43. The van der Waals surface area contributed by atoms with E-state index in [4.69, 9.17) is 4.74 Å². The molecule has 3 aromatic carbocycles. The number of benzene rings is 3. The lowest BCUT2D eigenvalue weighted by atomic mass is 9.78. The second-order valence-electron chi connectivity index (χ2n) is 7.71. The molecule has 1 saturated carbocycles. The van der Waals surface area contributed by atoms with E-state index >= 15 is 0 Å². The van der Waals surface area contributed by atoms with Gasteiger partial charge in [-0.25, -0.2) is 4.39 Å². The van der Waals surface area contributed by atoms with Gasteiger partial charge in [-0.15, -0.1) is 0 Å². The van der Waals surface area contributed by atoms with Crippen molar-refractivity contribution >= 4 is 11.8 Å². The molecule has 152 valence electrons. The molecule has 0 unspecified atom stereocenters. The van der Waals surface area contributed by atoms with Gasteiger partial charge in [-0.3, -0.25) is 9.59 Å². The quantitative estimate of drug-likeness (QED) is 0.391. The molecule has 1 aliphatic rings. The normalized spacial score (nSPS) is 15.0. The fourth-order valence-electron chi connectivity index (χ4n) is 4.24. The van der Waals surface area contributed by atoms with Crippen LogP contribution < -0.4 is 0 Å². The van der Waals surface area contributed by atoms with Gasteiger partial charge < -0.3 is 4.74 Å². The van der Waals surface area contributed by atoms with Gasteiger partial charge in [0.15, 0.2) is 12.4 Å². The number of hydrogen-bond acceptors (Lipinski definition) is 3. The lowest BCUT2D eigenvalue weighted by Gasteiger charge is -2.27. The number of ether oxygens (including phenoxy) is 1. The van der Waals surface area contributed by atoms with Crippen molar-refractivity contribution in [3.8, 4) is 11.1 Å². The SMILES string of the molecule is O=C(COC(=O)C1(c2ccccc2F)CCCC1)c1ccc(-c2ccccc2)cc1. The first-order chi connectivity index (χ1) is 14.6. The third-order valence-corrected chi connectivity index (χ3v) is 5.89. The summed E-state index contributed by atoms with van der Waals surface area (Å²) >= 11 is 0. The summed E-state index contributed by atoms with van der Waals surface area (Å²) in [5, 5.41) is 0. The topological polar surface area (TPSA) is 43.4 Å². The molecule has 0 bridgehead atoms. The van der Waals surface area contributed by atoms with Crippen LogP contribution in [0.1, 0.15) is 41.6 Å². The Bertz CT molecular complexity index is 1040.